The van der Waals surface area contributed by atoms with Gasteiger partial charge < -0.3 is 10.6 Å². The zero-order valence-electron chi connectivity index (χ0n) is 13.0. The second kappa shape index (κ2) is 8.44. The van der Waals surface area contributed by atoms with Crippen molar-refractivity contribution in [1.29, 1.82) is 0 Å². The Labute approximate surface area is 135 Å². The summed E-state index contributed by atoms with van der Waals surface area (Å²) in [5.41, 5.74) is 2.08. The van der Waals surface area contributed by atoms with E-state index in [4.69, 9.17) is 4.20 Å². The zero-order valence-corrected chi connectivity index (χ0v) is 13.9. The number of rotatable bonds is 8. The van der Waals surface area contributed by atoms with Gasteiger partial charge in [-0.3, -0.25) is 9.59 Å². The Morgan fingerprint density at radius 1 is 1.30 bits per heavy atom. The number of fused-ring (bicyclic) bond motifs is 1. The molecule has 1 atom stereocenters. The molecule has 0 fully saturated rings. The number of aryl methyl sites for hydroxylation is 1. The fourth-order valence-corrected chi connectivity index (χ4v) is 3.18. The van der Waals surface area contributed by atoms with E-state index in [1.54, 1.807) is 11.9 Å². The van der Waals surface area contributed by atoms with Crippen molar-refractivity contribution in [2.24, 2.45) is 0 Å². The van der Waals surface area contributed by atoms with Gasteiger partial charge >= 0.3 is 7.65 Å². The van der Waals surface area contributed by atoms with Crippen molar-refractivity contribution < 1.29 is 18.4 Å². The summed E-state index contributed by atoms with van der Waals surface area (Å²) < 4.78 is 16.9. The van der Waals surface area contributed by atoms with E-state index in [2.05, 4.69) is 10.6 Å². The highest BCUT2D eigenvalue weighted by atomic mass is 31.1. The van der Waals surface area contributed by atoms with Gasteiger partial charge in [-0.15, -0.1) is 0 Å². The maximum absolute atomic E-state index is 11.9. The van der Waals surface area contributed by atoms with E-state index >= 15 is 0 Å². The molecule has 1 unspecified atom stereocenters. The van der Waals surface area contributed by atoms with Crippen LogP contribution in [0.5, 0.6) is 0 Å². The first-order valence-electron chi connectivity index (χ1n) is 7.54. The van der Waals surface area contributed by atoms with Gasteiger partial charge in [0.15, 0.2) is 5.58 Å². The molecule has 0 saturated carbocycles. The lowest BCUT2D eigenvalue weighted by Crippen LogP contribution is -2.13. The van der Waals surface area contributed by atoms with Crippen LogP contribution in [0.25, 0.3) is 11.0 Å². The minimum atomic E-state index is -1.82. The summed E-state index contributed by atoms with van der Waals surface area (Å²) in [6.45, 7) is 2.52. The highest BCUT2D eigenvalue weighted by Crippen LogP contribution is 2.28. The van der Waals surface area contributed by atoms with E-state index in [0.717, 1.165) is 30.2 Å². The number of anilines is 1. The van der Waals surface area contributed by atoms with Crippen molar-refractivity contribution in [1.82, 2.24) is 5.32 Å². The minimum absolute atomic E-state index is 0.0687. The summed E-state index contributed by atoms with van der Waals surface area (Å²) in [6, 6.07) is 5.36. The van der Waals surface area contributed by atoms with Crippen molar-refractivity contribution in [3.63, 3.8) is 0 Å². The molecule has 0 spiro atoms. The number of benzene rings is 1. The Kier molecular flexibility index (Phi) is 6.29. The van der Waals surface area contributed by atoms with Crippen LogP contribution in [-0.4, -0.2) is 18.9 Å². The third-order valence-electron chi connectivity index (χ3n) is 3.49. The molecule has 0 bridgehead atoms. The molecule has 1 aromatic carbocycles. The van der Waals surface area contributed by atoms with E-state index in [9.17, 15) is 14.2 Å². The molecule has 2 aromatic rings. The SMILES string of the molecule is Cc1c[p+](=O)oc2cc(NC(=O)CCCCCNC=O)ccc12. The van der Waals surface area contributed by atoms with Gasteiger partial charge in [-0.1, -0.05) is 6.42 Å². The van der Waals surface area contributed by atoms with Crippen LogP contribution in [0.4, 0.5) is 5.69 Å². The number of hydrogen-bond acceptors (Lipinski definition) is 4. The zero-order chi connectivity index (χ0) is 16.7. The number of hydrogen-bond donors (Lipinski definition) is 2. The Hall–Kier alpha value is -2.20. The molecule has 6 nitrogen and oxygen atoms in total. The quantitative estimate of drug-likeness (QED) is 0.568. The molecule has 0 radical (unpaired) electrons. The molecular formula is C16H20N2O4P+. The van der Waals surface area contributed by atoms with E-state index in [1.807, 2.05) is 19.1 Å². The summed E-state index contributed by atoms with van der Waals surface area (Å²) in [7, 11) is -1.82. The van der Waals surface area contributed by atoms with Crippen molar-refractivity contribution in [2.75, 3.05) is 11.9 Å². The smallest absolute Gasteiger partial charge is 0.359 e. The number of carbonyl (C=O) groups excluding carboxylic acids is 2. The summed E-state index contributed by atoms with van der Waals surface area (Å²) in [5.74, 6) is 1.52. The molecular weight excluding hydrogens is 315 g/mol. The molecule has 2 rings (SSSR count). The van der Waals surface area contributed by atoms with Crippen LogP contribution in [0, 0.1) is 6.92 Å². The lowest BCUT2D eigenvalue weighted by atomic mass is 10.1. The van der Waals surface area contributed by atoms with E-state index in [-0.39, 0.29) is 5.91 Å². The molecule has 0 aliphatic heterocycles. The van der Waals surface area contributed by atoms with Crippen LogP contribution in [-0.2, 0) is 14.2 Å². The van der Waals surface area contributed by atoms with Gasteiger partial charge in [0.05, 0.1) is 0 Å². The van der Waals surface area contributed by atoms with Crippen molar-refractivity contribution in [2.45, 2.75) is 32.6 Å². The molecule has 7 heteroatoms. The van der Waals surface area contributed by atoms with Crippen LogP contribution in [0.15, 0.2) is 28.2 Å². The fraction of sp³-hybridized carbons (Fsp3) is 0.375. The molecule has 1 aromatic heterocycles. The Morgan fingerprint density at radius 2 is 2.13 bits per heavy atom. The lowest BCUT2D eigenvalue weighted by Gasteiger charge is -2.06. The fourth-order valence-electron chi connectivity index (χ4n) is 2.32. The summed E-state index contributed by atoms with van der Waals surface area (Å²) in [6.07, 6.45) is 3.60. The van der Waals surface area contributed by atoms with Crippen molar-refractivity contribution in [3.05, 3.63) is 29.6 Å². The second-order valence-electron chi connectivity index (χ2n) is 5.33. The van der Waals surface area contributed by atoms with Crippen LogP contribution in [0.3, 0.4) is 0 Å². The Morgan fingerprint density at radius 3 is 2.91 bits per heavy atom. The molecule has 122 valence electrons. The largest absolute Gasteiger partial charge is 0.589 e. The van der Waals surface area contributed by atoms with Crippen molar-refractivity contribution >= 4 is 36.6 Å². The van der Waals surface area contributed by atoms with Gasteiger partial charge in [-0.25, -0.2) is 4.20 Å². The second-order valence-corrected chi connectivity index (χ2v) is 6.34. The number of nitrogens with one attached hydrogen (secondary N) is 2. The minimum Gasteiger partial charge on any atom is -0.359 e. The van der Waals surface area contributed by atoms with Gasteiger partial charge in [-0.05, 0) is 36.5 Å². The molecule has 2 amide bonds. The Balaban J connectivity index is 1.90. The lowest BCUT2D eigenvalue weighted by molar-refractivity contribution is -0.116. The number of amides is 2. The number of unbranched alkanes of at least 4 members (excludes halogenated alkanes) is 2. The predicted octanol–water partition coefficient (Wildman–Crippen LogP) is 3.73. The molecule has 0 saturated heterocycles. The summed E-state index contributed by atoms with van der Waals surface area (Å²) in [4.78, 5) is 22.0. The van der Waals surface area contributed by atoms with Crippen LogP contribution in [0.1, 0.15) is 31.2 Å². The molecule has 0 aliphatic carbocycles. The predicted molar refractivity (Wildman–Crippen MR) is 89.7 cm³/mol. The van der Waals surface area contributed by atoms with Gasteiger partial charge in [-0.2, -0.15) is 0 Å². The van der Waals surface area contributed by atoms with Gasteiger partial charge in [0.25, 0.3) is 0 Å². The standard InChI is InChI=1S/C16H19N2O4P/c1-12-10-23(21)22-15-9-13(6-7-14(12)15)18-16(20)5-3-2-4-8-17-11-19/h6-7,9-11H,2-5,8H2,1H3,(H-,17,18,19,20,21)/p+1. The topological polar surface area (TPSA) is 88.4 Å². The highest BCUT2D eigenvalue weighted by molar-refractivity contribution is 7.29. The average molecular weight is 335 g/mol. The van der Waals surface area contributed by atoms with Crippen molar-refractivity contribution in [3.8, 4) is 0 Å². The van der Waals surface area contributed by atoms with Gasteiger partial charge in [0.2, 0.25) is 18.1 Å². The first-order valence-corrected chi connectivity index (χ1v) is 8.79. The van der Waals surface area contributed by atoms with Gasteiger partial charge in [0, 0.05) is 35.7 Å². The maximum Gasteiger partial charge on any atom is 0.589 e. The summed E-state index contributed by atoms with van der Waals surface area (Å²) >= 11 is 0. The highest BCUT2D eigenvalue weighted by Gasteiger charge is 2.11. The van der Waals surface area contributed by atoms with E-state index < -0.39 is 7.65 Å². The van der Waals surface area contributed by atoms with Crippen LogP contribution in [0.2, 0.25) is 0 Å². The first-order chi connectivity index (χ1) is 11.1. The molecule has 23 heavy (non-hydrogen) atoms. The first kappa shape index (κ1) is 17.2. The molecule has 0 aliphatic rings. The monoisotopic (exact) mass is 335 g/mol. The van der Waals surface area contributed by atoms with Crippen LogP contribution >= 0.6 is 7.65 Å². The average Bonchev–Trinajstić information content (AvgIpc) is 2.50. The normalized spacial score (nSPS) is 11.3. The molecule has 1 heterocycles. The van der Waals surface area contributed by atoms with Crippen LogP contribution < -0.4 is 10.6 Å². The van der Waals surface area contributed by atoms with Gasteiger partial charge in [0.1, 0.15) is 0 Å². The third kappa shape index (κ3) is 5.18. The number of carbonyl (C=O) groups is 2. The van der Waals surface area contributed by atoms with E-state index in [0.29, 0.717) is 30.6 Å². The third-order valence-corrected chi connectivity index (χ3v) is 4.46. The molecule has 2 N–H and O–H groups in total. The Bertz CT molecular complexity index is 757. The summed E-state index contributed by atoms with van der Waals surface area (Å²) in [5, 5.41) is 6.30. The van der Waals surface area contributed by atoms with E-state index in [1.165, 1.54) is 0 Å². The maximum atomic E-state index is 11.9.